The number of furan rings is 1. The van der Waals surface area contributed by atoms with Gasteiger partial charge < -0.3 is 23.9 Å². The third-order valence-electron chi connectivity index (χ3n) is 3.60. The van der Waals surface area contributed by atoms with Crippen LogP contribution in [0.15, 0.2) is 34.7 Å². The summed E-state index contributed by atoms with van der Waals surface area (Å²) in [6.45, 7) is 4.42. The third-order valence-corrected chi connectivity index (χ3v) is 3.60. The van der Waals surface area contributed by atoms with Gasteiger partial charge in [-0.2, -0.15) is 0 Å². The van der Waals surface area contributed by atoms with Crippen molar-refractivity contribution in [1.82, 2.24) is 5.32 Å². The third kappa shape index (κ3) is 3.59. The lowest BCUT2D eigenvalue weighted by atomic mass is 10.2. The number of amides is 1. The van der Waals surface area contributed by atoms with Gasteiger partial charge in [-0.1, -0.05) is 6.92 Å². The molecule has 0 aliphatic carbocycles. The topological polar surface area (TPSA) is 69.9 Å². The van der Waals surface area contributed by atoms with Gasteiger partial charge in [-0.05, 0) is 37.6 Å². The maximum Gasteiger partial charge on any atom is 0.287 e. The van der Waals surface area contributed by atoms with Gasteiger partial charge in [0.1, 0.15) is 18.1 Å². The molecule has 1 amide bonds. The minimum absolute atomic E-state index is 0.112. The van der Waals surface area contributed by atoms with Gasteiger partial charge in [0.05, 0.1) is 0 Å². The van der Waals surface area contributed by atoms with E-state index in [1.54, 1.807) is 30.3 Å². The number of nitrogens with one attached hydrogen (secondary N) is 1. The lowest BCUT2D eigenvalue weighted by molar-refractivity contribution is 0.0907. The molecule has 1 aliphatic rings. The molecule has 0 bridgehead atoms. The van der Waals surface area contributed by atoms with E-state index in [1.807, 2.05) is 13.8 Å². The highest BCUT2D eigenvalue weighted by molar-refractivity contribution is 5.91. The van der Waals surface area contributed by atoms with Crippen LogP contribution >= 0.6 is 0 Å². The number of fused-ring (bicyclic) bond motifs is 1. The highest BCUT2D eigenvalue weighted by Crippen LogP contribution is 2.35. The lowest BCUT2D eigenvalue weighted by Gasteiger charge is -2.09. The van der Waals surface area contributed by atoms with Crippen LogP contribution in [0.1, 0.15) is 36.6 Å². The highest BCUT2D eigenvalue weighted by Gasteiger charge is 2.15. The van der Waals surface area contributed by atoms with Crippen LogP contribution in [0.25, 0.3) is 0 Å². The molecule has 1 atom stereocenters. The molecule has 2 heterocycles. The van der Waals surface area contributed by atoms with Crippen molar-refractivity contribution in [3.8, 4) is 17.2 Å². The van der Waals surface area contributed by atoms with Crippen molar-refractivity contribution < 1.29 is 23.4 Å². The molecule has 0 saturated carbocycles. The number of benzene rings is 1. The van der Waals surface area contributed by atoms with Crippen LogP contribution in [0.5, 0.6) is 17.2 Å². The fourth-order valence-corrected chi connectivity index (χ4v) is 2.10. The molecule has 23 heavy (non-hydrogen) atoms. The molecule has 2 aromatic rings. The van der Waals surface area contributed by atoms with E-state index in [9.17, 15) is 4.79 Å². The molecule has 0 saturated heterocycles. The second-order valence-corrected chi connectivity index (χ2v) is 5.35. The van der Waals surface area contributed by atoms with Gasteiger partial charge in [-0.3, -0.25) is 4.79 Å². The monoisotopic (exact) mass is 317 g/mol. The van der Waals surface area contributed by atoms with Gasteiger partial charge in [0.15, 0.2) is 17.3 Å². The first-order valence-corrected chi connectivity index (χ1v) is 7.57. The minimum Gasteiger partial charge on any atom is -0.486 e. The molecule has 0 fully saturated rings. The Morgan fingerprint density at radius 3 is 2.91 bits per heavy atom. The Kier molecular flexibility index (Phi) is 4.41. The quantitative estimate of drug-likeness (QED) is 0.886. The molecule has 6 heteroatoms. The molecule has 6 nitrogen and oxygen atoms in total. The minimum atomic E-state index is -0.214. The number of hydrogen-bond donors (Lipinski definition) is 1. The number of carbonyl (C=O) groups is 1. The van der Waals surface area contributed by atoms with Gasteiger partial charge >= 0.3 is 0 Å². The molecule has 1 aromatic carbocycles. The summed E-state index contributed by atoms with van der Waals surface area (Å²) < 4.78 is 21.7. The van der Waals surface area contributed by atoms with E-state index in [2.05, 4.69) is 5.32 Å². The molecule has 0 radical (unpaired) electrons. The van der Waals surface area contributed by atoms with Crippen molar-refractivity contribution >= 4 is 5.91 Å². The fourth-order valence-electron chi connectivity index (χ4n) is 2.10. The van der Waals surface area contributed by atoms with Crippen LogP contribution < -0.4 is 19.5 Å². The van der Waals surface area contributed by atoms with Crippen LogP contribution in [-0.2, 0) is 6.61 Å². The van der Waals surface area contributed by atoms with Gasteiger partial charge in [0, 0.05) is 12.1 Å². The summed E-state index contributed by atoms with van der Waals surface area (Å²) in [6, 6.07) is 8.86. The maximum absolute atomic E-state index is 12.0. The summed E-state index contributed by atoms with van der Waals surface area (Å²) in [5.74, 6) is 2.67. The predicted molar refractivity (Wildman–Crippen MR) is 82.8 cm³/mol. The largest absolute Gasteiger partial charge is 0.486 e. The number of rotatable bonds is 6. The van der Waals surface area contributed by atoms with E-state index in [4.69, 9.17) is 18.6 Å². The Morgan fingerprint density at radius 2 is 2.09 bits per heavy atom. The zero-order valence-electron chi connectivity index (χ0n) is 13.1. The summed E-state index contributed by atoms with van der Waals surface area (Å²) in [4.78, 5) is 12.0. The fraction of sp³-hybridized carbons (Fsp3) is 0.353. The van der Waals surface area contributed by atoms with E-state index in [0.29, 0.717) is 23.0 Å². The molecule has 0 spiro atoms. The standard InChI is InChI=1S/C17H19NO5/c1-3-11(2)18-17(19)15-7-5-13(23-15)9-20-12-4-6-14-16(8-12)22-10-21-14/h4-8,11H,3,9-10H2,1-2H3,(H,18,19)/t11-/m1/s1. The van der Waals surface area contributed by atoms with Crippen LogP contribution in [0.4, 0.5) is 0 Å². The SMILES string of the molecule is CC[C@@H](C)NC(=O)c1ccc(COc2ccc3c(c2)OCO3)o1. The first-order chi connectivity index (χ1) is 11.2. The molecule has 1 aromatic heterocycles. The number of hydrogen-bond acceptors (Lipinski definition) is 5. The van der Waals surface area contributed by atoms with Crippen molar-refractivity contribution in [2.45, 2.75) is 32.9 Å². The summed E-state index contributed by atoms with van der Waals surface area (Å²) in [5, 5.41) is 2.86. The summed E-state index contributed by atoms with van der Waals surface area (Å²) in [7, 11) is 0. The molecule has 0 unspecified atom stereocenters. The Balaban J connectivity index is 1.58. The van der Waals surface area contributed by atoms with E-state index < -0.39 is 0 Å². The average Bonchev–Trinajstić information content (AvgIpc) is 3.21. The zero-order valence-corrected chi connectivity index (χ0v) is 13.1. The van der Waals surface area contributed by atoms with Crippen LogP contribution in [0, 0.1) is 0 Å². The first kappa shape index (κ1) is 15.3. The Morgan fingerprint density at radius 1 is 1.26 bits per heavy atom. The second-order valence-electron chi connectivity index (χ2n) is 5.35. The van der Waals surface area contributed by atoms with Gasteiger partial charge in [-0.15, -0.1) is 0 Å². The highest BCUT2D eigenvalue weighted by atomic mass is 16.7. The molecule has 3 rings (SSSR count). The van der Waals surface area contributed by atoms with Crippen molar-refractivity contribution in [2.75, 3.05) is 6.79 Å². The molecule has 122 valence electrons. The summed E-state index contributed by atoms with van der Waals surface area (Å²) >= 11 is 0. The van der Waals surface area contributed by atoms with Gasteiger partial charge in [0.25, 0.3) is 5.91 Å². The summed E-state index contributed by atoms with van der Waals surface area (Å²) in [5.41, 5.74) is 0. The van der Waals surface area contributed by atoms with Gasteiger partial charge in [0.2, 0.25) is 6.79 Å². The second kappa shape index (κ2) is 6.64. The van der Waals surface area contributed by atoms with Crippen molar-refractivity contribution in [3.63, 3.8) is 0 Å². The first-order valence-electron chi connectivity index (χ1n) is 7.57. The normalized spacial score (nSPS) is 13.7. The Labute approximate surface area is 134 Å². The molecule has 1 aliphatic heterocycles. The van der Waals surface area contributed by atoms with E-state index in [1.165, 1.54) is 0 Å². The number of ether oxygens (including phenoxy) is 3. The molecular weight excluding hydrogens is 298 g/mol. The summed E-state index contributed by atoms with van der Waals surface area (Å²) in [6.07, 6.45) is 0.868. The van der Waals surface area contributed by atoms with Crippen LogP contribution in [-0.4, -0.2) is 18.7 Å². The van der Waals surface area contributed by atoms with E-state index >= 15 is 0 Å². The van der Waals surface area contributed by atoms with Crippen molar-refractivity contribution in [3.05, 3.63) is 41.9 Å². The van der Waals surface area contributed by atoms with Gasteiger partial charge in [-0.25, -0.2) is 0 Å². The Hall–Kier alpha value is -2.63. The molecular formula is C17H19NO5. The van der Waals surface area contributed by atoms with Crippen molar-refractivity contribution in [1.29, 1.82) is 0 Å². The van der Waals surface area contributed by atoms with E-state index in [0.717, 1.165) is 6.42 Å². The lowest BCUT2D eigenvalue weighted by Crippen LogP contribution is -2.31. The number of carbonyl (C=O) groups excluding carboxylic acids is 1. The van der Waals surface area contributed by atoms with Crippen LogP contribution in [0.2, 0.25) is 0 Å². The average molecular weight is 317 g/mol. The maximum atomic E-state index is 12.0. The smallest absolute Gasteiger partial charge is 0.287 e. The zero-order chi connectivity index (χ0) is 16.2. The molecule has 1 N–H and O–H groups in total. The van der Waals surface area contributed by atoms with E-state index in [-0.39, 0.29) is 31.1 Å². The van der Waals surface area contributed by atoms with Crippen LogP contribution in [0.3, 0.4) is 0 Å². The Bertz CT molecular complexity index is 694. The predicted octanol–water partition coefficient (Wildman–Crippen LogP) is 3.12. The van der Waals surface area contributed by atoms with Crippen molar-refractivity contribution in [2.24, 2.45) is 0 Å².